The van der Waals surface area contributed by atoms with Crippen LogP contribution < -0.4 is 10.2 Å². The van der Waals surface area contributed by atoms with E-state index in [4.69, 9.17) is 14.7 Å². The molecule has 0 unspecified atom stereocenters. The van der Waals surface area contributed by atoms with Crippen molar-refractivity contribution >= 4 is 32.5 Å². The first kappa shape index (κ1) is 27.5. The fourth-order valence-corrected chi connectivity index (χ4v) is 5.69. The Balaban J connectivity index is 1.37. The summed E-state index contributed by atoms with van der Waals surface area (Å²) in [5.41, 5.74) is 2.50. The fourth-order valence-electron chi connectivity index (χ4n) is 4.73. The van der Waals surface area contributed by atoms with Crippen LogP contribution in [0.5, 0.6) is 0 Å². The van der Waals surface area contributed by atoms with E-state index in [1.165, 1.54) is 24.4 Å². The maximum Gasteiger partial charge on any atom is 0.270 e. The third kappa shape index (κ3) is 6.07. The standard InChI is InChI=1S/C28H29FN6O4S/c1-16-11-31-25(10-26(16)40(4,37)38)28(36)32-13-21-9-23-19(12-30-21)5-6-22(33-23)24-7-20(29)8-27(34-24)35-14-17(2)39-18(3)15-35/h5-12,17-18H,13-15H2,1-4H3,(H,32,36)/t17-,18+. The Labute approximate surface area is 231 Å². The molecule has 208 valence electrons. The van der Waals surface area contributed by atoms with E-state index in [2.05, 4.69) is 15.3 Å². The molecule has 1 aliphatic heterocycles. The normalized spacial score (nSPS) is 17.7. The van der Waals surface area contributed by atoms with E-state index in [0.717, 1.165) is 11.6 Å². The number of hydrogen-bond acceptors (Lipinski definition) is 9. The number of pyridine rings is 4. The molecule has 1 aliphatic rings. The quantitative estimate of drug-likeness (QED) is 0.374. The van der Waals surface area contributed by atoms with Crippen molar-refractivity contribution in [2.24, 2.45) is 0 Å². The highest BCUT2D eigenvalue weighted by Gasteiger charge is 2.24. The molecule has 10 nitrogen and oxygen atoms in total. The maximum atomic E-state index is 14.7. The van der Waals surface area contributed by atoms with Gasteiger partial charge in [0, 0.05) is 49.3 Å². The van der Waals surface area contributed by atoms with Crippen molar-refractivity contribution in [3.05, 3.63) is 71.6 Å². The molecule has 0 aliphatic carbocycles. The highest BCUT2D eigenvalue weighted by Crippen LogP contribution is 2.26. The first-order chi connectivity index (χ1) is 19.0. The predicted octanol–water partition coefficient (Wildman–Crippen LogP) is 3.48. The summed E-state index contributed by atoms with van der Waals surface area (Å²) >= 11 is 0. The van der Waals surface area contributed by atoms with Gasteiger partial charge in [0.15, 0.2) is 9.84 Å². The van der Waals surface area contributed by atoms with E-state index in [1.807, 2.05) is 24.8 Å². The van der Waals surface area contributed by atoms with Crippen molar-refractivity contribution in [1.82, 2.24) is 25.3 Å². The smallest absolute Gasteiger partial charge is 0.270 e. The highest BCUT2D eigenvalue weighted by molar-refractivity contribution is 7.90. The number of halogens is 1. The summed E-state index contributed by atoms with van der Waals surface area (Å²) in [5.74, 6) is -0.409. The summed E-state index contributed by atoms with van der Waals surface area (Å²) in [6.07, 6.45) is 4.09. The second kappa shape index (κ2) is 10.9. The number of ether oxygens (including phenoxy) is 1. The lowest BCUT2D eigenvalue weighted by atomic mass is 10.1. The predicted molar refractivity (Wildman–Crippen MR) is 148 cm³/mol. The zero-order valence-electron chi connectivity index (χ0n) is 22.6. The molecule has 4 aromatic heterocycles. The molecule has 0 bridgehead atoms. The van der Waals surface area contributed by atoms with E-state index >= 15 is 0 Å². The lowest BCUT2D eigenvalue weighted by Crippen LogP contribution is -2.45. The molecule has 1 fully saturated rings. The van der Waals surface area contributed by atoms with Gasteiger partial charge in [-0.2, -0.15) is 0 Å². The van der Waals surface area contributed by atoms with E-state index in [1.54, 1.807) is 25.3 Å². The molecular formula is C28H29FN6O4S. The van der Waals surface area contributed by atoms with E-state index in [-0.39, 0.29) is 29.3 Å². The molecule has 2 atom stereocenters. The molecule has 0 radical (unpaired) electrons. The minimum atomic E-state index is -3.50. The van der Waals surface area contributed by atoms with Crippen molar-refractivity contribution in [3.63, 3.8) is 0 Å². The average molecular weight is 565 g/mol. The minimum absolute atomic E-state index is 0.00555. The largest absolute Gasteiger partial charge is 0.372 e. The zero-order chi connectivity index (χ0) is 28.6. The van der Waals surface area contributed by atoms with Gasteiger partial charge >= 0.3 is 0 Å². The molecule has 12 heteroatoms. The number of nitrogens with zero attached hydrogens (tertiary/aromatic N) is 5. The number of morpholine rings is 1. The molecule has 1 saturated heterocycles. The number of aromatic nitrogens is 4. The number of fused-ring (bicyclic) bond motifs is 1. The first-order valence-corrected chi connectivity index (χ1v) is 14.6. The van der Waals surface area contributed by atoms with Crippen molar-refractivity contribution < 1.29 is 22.3 Å². The first-order valence-electron chi connectivity index (χ1n) is 12.8. The second-order valence-corrected chi connectivity index (χ2v) is 12.0. The van der Waals surface area contributed by atoms with E-state index in [9.17, 15) is 17.6 Å². The lowest BCUT2D eigenvalue weighted by Gasteiger charge is -2.36. The van der Waals surface area contributed by atoms with Gasteiger partial charge in [-0.15, -0.1) is 0 Å². The van der Waals surface area contributed by atoms with Gasteiger partial charge in [-0.1, -0.05) is 0 Å². The number of aryl methyl sites for hydroxylation is 1. The Kier molecular flexibility index (Phi) is 7.47. The minimum Gasteiger partial charge on any atom is -0.372 e. The van der Waals surface area contributed by atoms with Crippen LogP contribution in [0.4, 0.5) is 10.2 Å². The zero-order valence-corrected chi connectivity index (χ0v) is 23.4. The fraction of sp³-hybridized carbons (Fsp3) is 0.321. The van der Waals surface area contributed by atoms with Gasteiger partial charge in [0.25, 0.3) is 5.91 Å². The molecule has 0 saturated carbocycles. The summed E-state index contributed by atoms with van der Waals surface area (Å²) in [5, 5.41) is 3.49. The van der Waals surface area contributed by atoms with Crippen LogP contribution in [-0.4, -0.2) is 65.8 Å². The number of anilines is 1. The number of rotatable bonds is 6. The summed E-state index contributed by atoms with van der Waals surface area (Å²) in [6.45, 7) is 6.87. The number of hydrogen-bond donors (Lipinski definition) is 1. The molecule has 5 rings (SSSR count). The van der Waals surface area contributed by atoms with Gasteiger partial charge in [-0.05, 0) is 50.6 Å². The number of amides is 1. The van der Waals surface area contributed by atoms with Gasteiger partial charge in [-0.3, -0.25) is 14.8 Å². The summed E-state index contributed by atoms with van der Waals surface area (Å²) in [4.78, 5) is 32.6. The summed E-state index contributed by atoms with van der Waals surface area (Å²) in [7, 11) is -3.50. The van der Waals surface area contributed by atoms with Crippen LogP contribution in [-0.2, 0) is 21.1 Å². The van der Waals surface area contributed by atoms with Crippen molar-refractivity contribution in [3.8, 4) is 11.4 Å². The topological polar surface area (TPSA) is 127 Å². The molecule has 4 aromatic rings. The highest BCUT2D eigenvalue weighted by atomic mass is 32.2. The molecule has 5 heterocycles. The van der Waals surface area contributed by atoms with Crippen LogP contribution in [0.15, 0.2) is 53.7 Å². The maximum absolute atomic E-state index is 14.7. The van der Waals surface area contributed by atoms with Crippen molar-refractivity contribution in [2.45, 2.75) is 44.4 Å². The van der Waals surface area contributed by atoms with Crippen LogP contribution >= 0.6 is 0 Å². The Morgan fingerprint density at radius 3 is 2.52 bits per heavy atom. The molecule has 40 heavy (non-hydrogen) atoms. The van der Waals surface area contributed by atoms with Crippen LogP contribution in [0, 0.1) is 12.7 Å². The third-order valence-corrected chi connectivity index (χ3v) is 7.77. The number of sulfone groups is 1. The van der Waals surface area contributed by atoms with E-state index in [0.29, 0.717) is 47.1 Å². The Morgan fingerprint density at radius 1 is 1.05 bits per heavy atom. The summed E-state index contributed by atoms with van der Waals surface area (Å²) < 4.78 is 44.4. The van der Waals surface area contributed by atoms with Crippen LogP contribution in [0.3, 0.4) is 0 Å². The van der Waals surface area contributed by atoms with Gasteiger partial charge in [0.2, 0.25) is 0 Å². The Bertz CT molecular complexity index is 1700. The molecule has 1 N–H and O–H groups in total. The third-order valence-electron chi connectivity index (χ3n) is 6.53. The van der Waals surface area contributed by atoms with Crippen molar-refractivity contribution in [1.29, 1.82) is 0 Å². The number of carbonyl (C=O) groups is 1. The van der Waals surface area contributed by atoms with Crippen LogP contribution in [0.1, 0.15) is 35.6 Å². The molecular weight excluding hydrogens is 535 g/mol. The Morgan fingerprint density at radius 2 is 1.80 bits per heavy atom. The lowest BCUT2D eigenvalue weighted by molar-refractivity contribution is -0.00547. The molecule has 1 amide bonds. The van der Waals surface area contributed by atoms with Crippen LogP contribution in [0.2, 0.25) is 0 Å². The van der Waals surface area contributed by atoms with Gasteiger partial charge in [0.1, 0.15) is 17.3 Å². The van der Waals surface area contributed by atoms with Gasteiger partial charge < -0.3 is 15.0 Å². The van der Waals surface area contributed by atoms with Gasteiger partial charge in [0.05, 0.1) is 46.2 Å². The second-order valence-electron chi connectivity index (χ2n) is 10.0. The SMILES string of the molecule is Cc1cnc(C(=O)NCc2cc3nc(-c4cc(F)cc(N5C[C@@H](C)O[C@@H](C)C5)n4)ccc3cn2)cc1S(C)(=O)=O. The Hall–Kier alpha value is -4.03. The molecule has 0 spiro atoms. The molecule has 0 aromatic carbocycles. The number of carbonyl (C=O) groups excluding carboxylic acids is 1. The summed E-state index contributed by atoms with van der Waals surface area (Å²) in [6, 6.07) is 9.37. The monoisotopic (exact) mass is 564 g/mol. The van der Waals surface area contributed by atoms with E-state index < -0.39 is 21.6 Å². The average Bonchev–Trinajstić information content (AvgIpc) is 2.90. The van der Waals surface area contributed by atoms with Crippen molar-refractivity contribution in [2.75, 3.05) is 24.2 Å². The van der Waals surface area contributed by atoms with Crippen LogP contribution in [0.25, 0.3) is 22.3 Å². The number of nitrogens with one attached hydrogen (secondary N) is 1. The van der Waals surface area contributed by atoms with Gasteiger partial charge in [-0.25, -0.2) is 22.8 Å².